The third kappa shape index (κ3) is 1.85. The van der Waals surface area contributed by atoms with Gasteiger partial charge in [-0.25, -0.2) is 0 Å². The molecule has 0 fully saturated rings. The van der Waals surface area contributed by atoms with Gasteiger partial charge >= 0.3 is 0 Å². The van der Waals surface area contributed by atoms with Gasteiger partial charge in [0.25, 0.3) is 0 Å². The topological polar surface area (TPSA) is 12.0 Å². The van der Waals surface area contributed by atoms with Gasteiger partial charge < -0.3 is 5.32 Å². The minimum absolute atomic E-state index is 0.748. The summed E-state index contributed by atoms with van der Waals surface area (Å²) in [5.74, 6) is 0. The van der Waals surface area contributed by atoms with Gasteiger partial charge in [-0.15, -0.1) is 0 Å². The summed E-state index contributed by atoms with van der Waals surface area (Å²) in [6, 6.07) is 8.71. The van der Waals surface area contributed by atoms with Crippen LogP contribution in [0.3, 0.4) is 0 Å². The molecule has 1 nitrogen and oxygen atoms in total. The Kier molecular flexibility index (Phi) is 2.39. The monoisotopic (exact) mass is 205 g/mol. The third-order valence-corrected chi connectivity index (χ3v) is 5.62. The lowest BCUT2D eigenvalue weighted by Gasteiger charge is -2.35. The largest absolute Gasteiger partial charge is 0.385 e. The van der Waals surface area contributed by atoms with Gasteiger partial charge in [-0.05, 0) is 24.5 Å². The van der Waals surface area contributed by atoms with E-state index in [0.717, 1.165) is 5.67 Å². The summed E-state index contributed by atoms with van der Waals surface area (Å²) in [6.45, 7) is 7.33. The molecular formula is C12H19NSi. The zero-order valence-electron chi connectivity index (χ0n) is 9.30. The van der Waals surface area contributed by atoms with E-state index < -0.39 is 8.07 Å². The molecule has 0 aliphatic carbocycles. The quantitative estimate of drug-likeness (QED) is 0.694. The molecule has 0 amide bonds. The highest BCUT2D eigenvalue weighted by Gasteiger charge is 2.29. The first-order chi connectivity index (χ1) is 6.57. The summed E-state index contributed by atoms with van der Waals surface area (Å²) in [7, 11) is -1.04. The zero-order chi connectivity index (χ0) is 10.2. The van der Waals surface area contributed by atoms with Crippen molar-refractivity contribution in [2.75, 3.05) is 5.32 Å². The van der Waals surface area contributed by atoms with E-state index in [1.54, 1.807) is 0 Å². The Hall–Kier alpha value is -0.763. The maximum absolute atomic E-state index is 3.70. The number of rotatable bonds is 1. The van der Waals surface area contributed by atoms with E-state index in [1.165, 1.54) is 24.1 Å². The van der Waals surface area contributed by atoms with Crippen LogP contribution >= 0.6 is 0 Å². The minimum Gasteiger partial charge on any atom is -0.385 e. The van der Waals surface area contributed by atoms with Gasteiger partial charge in [0.15, 0.2) is 0 Å². The van der Waals surface area contributed by atoms with Crippen molar-refractivity contribution in [1.82, 2.24) is 0 Å². The van der Waals surface area contributed by atoms with Gasteiger partial charge in [-0.3, -0.25) is 0 Å². The molecule has 0 bridgehead atoms. The predicted octanol–water partition coefficient (Wildman–Crippen LogP) is 3.29. The highest BCUT2D eigenvalue weighted by atomic mass is 28.3. The summed E-state index contributed by atoms with van der Waals surface area (Å²) in [4.78, 5) is 0. The van der Waals surface area contributed by atoms with Crippen LogP contribution in [0.1, 0.15) is 12.0 Å². The fourth-order valence-corrected chi connectivity index (χ4v) is 3.69. The Bertz CT molecular complexity index is 327. The average Bonchev–Trinajstić information content (AvgIpc) is 2.16. The van der Waals surface area contributed by atoms with Crippen LogP contribution in [0.4, 0.5) is 5.69 Å². The summed E-state index contributed by atoms with van der Waals surface area (Å²) in [6.07, 6.45) is 2.56. The van der Waals surface area contributed by atoms with Gasteiger partial charge in [-0.2, -0.15) is 0 Å². The van der Waals surface area contributed by atoms with Crippen LogP contribution in [-0.2, 0) is 6.42 Å². The molecule has 0 spiro atoms. The predicted molar refractivity (Wildman–Crippen MR) is 65.5 cm³/mol. The van der Waals surface area contributed by atoms with Crippen LogP contribution in [0.2, 0.25) is 19.6 Å². The Labute approximate surface area is 87.5 Å². The lowest BCUT2D eigenvalue weighted by Crippen LogP contribution is -2.46. The molecule has 76 valence electrons. The summed E-state index contributed by atoms with van der Waals surface area (Å²) in [5, 5.41) is 3.70. The van der Waals surface area contributed by atoms with Gasteiger partial charge in [0.1, 0.15) is 0 Å². The number of benzene rings is 1. The number of hydrogen-bond acceptors (Lipinski definition) is 1. The molecule has 1 N–H and O–H groups in total. The lowest BCUT2D eigenvalue weighted by molar-refractivity contribution is 0.758. The minimum atomic E-state index is -1.04. The molecule has 14 heavy (non-hydrogen) atoms. The van der Waals surface area contributed by atoms with Crippen molar-refractivity contribution in [3.63, 3.8) is 0 Å². The van der Waals surface area contributed by atoms with Crippen LogP contribution in [0.25, 0.3) is 0 Å². The smallest absolute Gasteiger partial charge is 0.0701 e. The number of hydrogen-bond donors (Lipinski definition) is 1. The maximum atomic E-state index is 3.70. The van der Waals surface area contributed by atoms with Crippen molar-refractivity contribution >= 4 is 13.8 Å². The van der Waals surface area contributed by atoms with Crippen LogP contribution in [0.5, 0.6) is 0 Å². The van der Waals surface area contributed by atoms with Crippen LogP contribution in [-0.4, -0.2) is 13.7 Å². The van der Waals surface area contributed by atoms with Crippen molar-refractivity contribution < 1.29 is 0 Å². The molecule has 1 aliphatic heterocycles. The van der Waals surface area contributed by atoms with Gasteiger partial charge in [0.05, 0.1) is 8.07 Å². The van der Waals surface area contributed by atoms with E-state index in [-0.39, 0.29) is 0 Å². The number of anilines is 1. The van der Waals surface area contributed by atoms with Crippen molar-refractivity contribution in [3.05, 3.63) is 29.8 Å². The van der Waals surface area contributed by atoms with Crippen LogP contribution < -0.4 is 5.32 Å². The summed E-state index contributed by atoms with van der Waals surface area (Å²) in [5.41, 5.74) is 3.60. The fraction of sp³-hybridized carbons (Fsp3) is 0.500. The molecule has 0 saturated carbocycles. The highest BCUT2D eigenvalue weighted by Crippen LogP contribution is 2.28. The van der Waals surface area contributed by atoms with E-state index in [1.807, 2.05) is 0 Å². The Balaban J connectivity index is 2.22. The number of fused-ring (bicyclic) bond motifs is 1. The SMILES string of the molecule is C[Si](C)(C)C1CCc2ccccc2N1. The molecule has 1 atom stereocenters. The lowest BCUT2D eigenvalue weighted by atomic mass is 10.0. The first-order valence-corrected chi connectivity index (χ1v) is 8.99. The molecule has 2 rings (SSSR count). The second kappa shape index (κ2) is 3.43. The van der Waals surface area contributed by atoms with E-state index in [2.05, 4.69) is 49.2 Å². The van der Waals surface area contributed by atoms with E-state index in [9.17, 15) is 0 Å². The standard InChI is InChI=1S/C12H19NSi/c1-14(2,3)12-9-8-10-6-4-5-7-11(10)13-12/h4-7,12-13H,8-9H2,1-3H3. The molecule has 1 heterocycles. The number of nitrogens with one attached hydrogen (secondary N) is 1. The van der Waals surface area contributed by atoms with Crippen molar-refractivity contribution in [1.29, 1.82) is 0 Å². The number of para-hydroxylation sites is 1. The molecule has 1 aromatic rings. The van der Waals surface area contributed by atoms with Crippen molar-refractivity contribution in [2.45, 2.75) is 38.1 Å². The Morgan fingerprint density at radius 2 is 1.93 bits per heavy atom. The van der Waals surface area contributed by atoms with E-state index in [4.69, 9.17) is 0 Å². The summed E-state index contributed by atoms with van der Waals surface area (Å²) >= 11 is 0. The second-order valence-corrected chi connectivity index (χ2v) is 10.7. The molecular weight excluding hydrogens is 186 g/mol. The van der Waals surface area contributed by atoms with Crippen LogP contribution in [0.15, 0.2) is 24.3 Å². The van der Waals surface area contributed by atoms with Crippen molar-refractivity contribution in [3.8, 4) is 0 Å². The molecule has 0 aromatic heterocycles. The van der Waals surface area contributed by atoms with Gasteiger partial charge in [0.2, 0.25) is 0 Å². The van der Waals surface area contributed by atoms with E-state index in [0.29, 0.717) is 0 Å². The van der Waals surface area contributed by atoms with E-state index >= 15 is 0 Å². The molecule has 1 aromatic carbocycles. The molecule has 2 heteroatoms. The average molecular weight is 205 g/mol. The molecule has 0 saturated heterocycles. The Morgan fingerprint density at radius 1 is 1.21 bits per heavy atom. The third-order valence-electron chi connectivity index (χ3n) is 3.09. The van der Waals surface area contributed by atoms with Crippen LogP contribution in [0, 0.1) is 0 Å². The first kappa shape index (κ1) is 9.78. The van der Waals surface area contributed by atoms with Gasteiger partial charge in [-0.1, -0.05) is 37.8 Å². The fourth-order valence-electron chi connectivity index (χ4n) is 2.09. The zero-order valence-corrected chi connectivity index (χ0v) is 10.3. The van der Waals surface area contributed by atoms with Gasteiger partial charge in [0, 0.05) is 11.4 Å². The molecule has 1 aliphatic rings. The highest BCUT2D eigenvalue weighted by molar-refractivity contribution is 6.78. The summed E-state index contributed by atoms with van der Waals surface area (Å²) < 4.78 is 0. The number of aryl methyl sites for hydroxylation is 1. The maximum Gasteiger partial charge on any atom is 0.0701 e. The molecule has 1 unspecified atom stereocenters. The normalized spacial score (nSPS) is 21.2. The molecule has 0 radical (unpaired) electrons. The van der Waals surface area contributed by atoms with Crippen molar-refractivity contribution in [2.24, 2.45) is 0 Å². The second-order valence-electron chi connectivity index (χ2n) is 5.26. The Morgan fingerprint density at radius 3 is 2.64 bits per heavy atom. The first-order valence-electron chi connectivity index (χ1n) is 5.42.